The predicted octanol–water partition coefficient (Wildman–Crippen LogP) is 8.35. The van der Waals surface area contributed by atoms with Gasteiger partial charge >= 0.3 is 0 Å². The highest BCUT2D eigenvalue weighted by atomic mass is 16.5. The van der Waals surface area contributed by atoms with Gasteiger partial charge in [0.2, 0.25) is 0 Å². The fourth-order valence-electron chi connectivity index (χ4n) is 10.6. The molecule has 3 rings (SSSR count). The van der Waals surface area contributed by atoms with Crippen LogP contribution in [-0.4, -0.2) is 122 Å². The maximum absolute atomic E-state index is 6.45. The molecule has 0 aromatic heterocycles. The number of likely N-dealkylation sites (tertiary alicyclic amines) is 2. The number of hydrogen-bond donors (Lipinski definition) is 2. The van der Waals surface area contributed by atoms with E-state index in [2.05, 4.69) is 96.6 Å². The van der Waals surface area contributed by atoms with Crippen LogP contribution in [0.3, 0.4) is 0 Å². The molecule has 3 fully saturated rings. The standard InChI is InChI=1S/C43H86N4O4/c1-14-36(15-2)47-42(8,9)28-35(29-43(47,10)11)45-25-19-17-16-18-24-44-34-26-40(4,5)46(41(6,7)27-34)30-39(49-13)32-51-38-22-20-37(21-23-38)50-31-33(3)48-12/h33-39,44-45H,14-32H2,1-13H3. The molecular weight excluding hydrogens is 636 g/mol. The van der Waals surface area contributed by atoms with Gasteiger partial charge in [-0.15, -0.1) is 0 Å². The largest absolute Gasteiger partial charge is 0.379 e. The monoisotopic (exact) mass is 723 g/mol. The van der Waals surface area contributed by atoms with Gasteiger partial charge in [0.25, 0.3) is 0 Å². The van der Waals surface area contributed by atoms with Gasteiger partial charge in [0.05, 0.1) is 37.6 Å². The van der Waals surface area contributed by atoms with Crippen LogP contribution in [0, 0.1) is 0 Å². The summed E-state index contributed by atoms with van der Waals surface area (Å²) in [6.07, 6.45) is 17.5. The van der Waals surface area contributed by atoms with Crippen molar-refractivity contribution in [3.63, 3.8) is 0 Å². The first kappa shape index (κ1) is 45.1. The lowest BCUT2D eigenvalue weighted by Gasteiger charge is -2.58. The lowest BCUT2D eigenvalue weighted by atomic mass is 9.75. The number of rotatable bonds is 22. The molecule has 0 aromatic rings. The van der Waals surface area contributed by atoms with Crippen molar-refractivity contribution in [2.45, 2.75) is 231 Å². The van der Waals surface area contributed by atoms with E-state index in [0.717, 1.165) is 58.2 Å². The zero-order chi connectivity index (χ0) is 37.9. The fraction of sp³-hybridized carbons (Fsp3) is 1.00. The summed E-state index contributed by atoms with van der Waals surface area (Å²) in [5.74, 6) is 0. The molecule has 2 unspecified atom stereocenters. The third kappa shape index (κ3) is 13.7. The van der Waals surface area contributed by atoms with Crippen molar-refractivity contribution in [1.29, 1.82) is 0 Å². The summed E-state index contributed by atoms with van der Waals surface area (Å²) in [6, 6.07) is 1.85. The van der Waals surface area contributed by atoms with Crippen molar-refractivity contribution in [3.8, 4) is 0 Å². The topological polar surface area (TPSA) is 67.5 Å². The number of nitrogens with one attached hydrogen (secondary N) is 2. The zero-order valence-electron chi connectivity index (χ0n) is 36.0. The SMILES string of the molecule is CCC(CC)N1C(C)(C)CC(NCCCCCCNC2CC(C)(C)N(CC(COC3CCC(OCC(C)OC)CC3)OC)C(C)(C)C2)CC1(C)C. The molecule has 8 nitrogen and oxygen atoms in total. The van der Waals surface area contributed by atoms with Crippen LogP contribution in [0.15, 0.2) is 0 Å². The number of unbranched alkanes of at least 4 members (excludes halogenated alkanes) is 3. The molecule has 1 saturated carbocycles. The van der Waals surface area contributed by atoms with Gasteiger partial charge in [-0.05, 0) is 152 Å². The van der Waals surface area contributed by atoms with Crippen LogP contribution in [0.25, 0.3) is 0 Å². The van der Waals surface area contributed by atoms with Crippen molar-refractivity contribution in [2.75, 3.05) is 47.1 Å². The predicted molar refractivity (Wildman–Crippen MR) is 215 cm³/mol. The minimum atomic E-state index is 0.0688. The van der Waals surface area contributed by atoms with Crippen molar-refractivity contribution < 1.29 is 18.9 Å². The summed E-state index contributed by atoms with van der Waals surface area (Å²) in [7, 11) is 3.59. The summed E-state index contributed by atoms with van der Waals surface area (Å²) in [5.41, 5.74) is 0.647. The molecule has 51 heavy (non-hydrogen) atoms. The van der Waals surface area contributed by atoms with E-state index in [4.69, 9.17) is 18.9 Å². The molecule has 0 amide bonds. The Balaban J connectivity index is 1.32. The average Bonchev–Trinajstić information content (AvgIpc) is 3.05. The van der Waals surface area contributed by atoms with Crippen LogP contribution < -0.4 is 10.6 Å². The summed E-state index contributed by atoms with van der Waals surface area (Å²) >= 11 is 0. The van der Waals surface area contributed by atoms with E-state index in [1.54, 1.807) is 7.11 Å². The Labute approximate surface area is 316 Å². The van der Waals surface area contributed by atoms with E-state index >= 15 is 0 Å². The minimum absolute atomic E-state index is 0.0688. The zero-order valence-corrected chi connectivity index (χ0v) is 36.0. The van der Waals surface area contributed by atoms with E-state index in [1.165, 1.54) is 51.4 Å². The number of hydrogen-bond acceptors (Lipinski definition) is 8. The van der Waals surface area contributed by atoms with Crippen LogP contribution in [0.4, 0.5) is 0 Å². The Morgan fingerprint density at radius 2 is 1.04 bits per heavy atom. The van der Waals surface area contributed by atoms with Crippen molar-refractivity contribution in [3.05, 3.63) is 0 Å². The minimum Gasteiger partial charge on any atom is -0.379 e. The molecule has 1 aliphatic carbocycles. The van der Waals surface area contributed by atoms with E-state index in [9.17, 15) is 0 Å². The van der Waals surface area contributed by atoms with Gasteiger partial charge in [-0.25, -0.2) is 0 Å². The van der Waals surface area contributed by atoms with Crippen LogP contribution in [0.2, 0.25) is 0 Å². The summed E-state index contributed by atoms with van der Waals surface area (Å²) < 4.78 is 23.9. The van der Waals surface area contributed by atoms with E-state index < -0.39 is 0 Å². The Kier molecular flexibility index (Phi) is 18.2. The second-order valence-electron chi connectivity index (χ2n) is 19.2. The van der Waals surface area contributed by atoms with Gasteiger partial charge in [-0.1, -0.05) is 26.7 Å². The van der Waals surface area contributed by atoms with Gasteiger partial charge < -0.3 is 29.6 Å². The Morgan fingerprint density at radius 3 is 1.45 bits per heavy atom. The highest BCUT2D eigenvalue weighted by molar-refractivity contribution is 5.05. The Hall–Kier alpha value is -0.320. The average molecular weight is 723 g/mol. The molecule has 3 aliphatic rings. The van der Waals surface area contributed by atoms with Crippen LogP contribution >= 0.6 is 0 Å². The number of methoxy groups -OCH3 is 2. The van der Waals surface area contributed by atoms with Gasteiger partial charge in [0.1, 0.15) is 0 Å². The Morgan fingerprint density at radius 1 is 0.608 bits per heavy atom. The quantitative estimate of drug-likeness (QED) is 0.108. The smallest absolute Gasteiger partial charge is 0.0931 e. The van der Waals surface area contributed by atoms with Gasteiger partial charge in [-0.3, -0.25) is 9.80 Å². The number of piperidine rings is 2. The van der Waals surface area contributed by atoms with Crippen LogP contribution in [0.5, 0.6) is 0 Å². The second kappa shape index (κ2) is 20.6. The lowest BCUT2D eigenvalue weighted by molar-refractivity contribution is -0.105. The van der Waals surface area contributed by atoms with E-state index in [0.29, 0.717) is 43.5 Å². The molecule has 2 heterocycles. The molecule has 2 saturated heterocycles. The first-order valence-electron chi connectivity index (χ1n) is 21.3. The fourth-order valence-corrected chi connectivity index (χ4v) is 10.6. The first-order valence-corrected chi connectivity index (χ1v) is 21.3. The maximum atomic E-state index is 6.45. The highest BCUT2D eigenvalue weighted by Crippen LogP contribution is 2.42. The number of ether oxygens (including phenoxy) is 4. The third-order valence-corrected chi connectivity index (χ3v) is 12.9. The van der Waals surface area contributed by atoms with Crippen LogP contribution in [0.1, 0.15) is 166 Å². The molecule has 0 spiro atoms. The molecule has 302 valence electrons. The van der Waals surface area contributed by atoms with Crippen molar-refractivity contribution in [1.82, 2.24) is 20.4 Å². The second-order valence-corrected chi connectivity index (χ2v) is 19.2. The summed E-state index contributed by atoms with van der Waals surface area (Å²) in [4.78, 5) is 5.54. The molecule has 0 bridgehead atoms. The lowest BCUT2D eigenvalue weighted by Crippen LogP contribution is -2.66. The molecule has 0 aromatic carbocycles. The first-order chi connectivity index (χ1) is 24.0. The van der Waals surface area contributed by atoms with Gasteiger partial charge in [0, 0.05) is 61.0 Å². The normalized spacial score (nSPS) is 27.2. The van der Waals surface area contributed by atoms with E-state index in [1.807, 2.05) is 7.11 Å². The summed E-state index contributed by atoms with van der Waals surface area (Å²) in [6.45, 7) is 30.9. The number of nitrogens with zero attached hydrogens (tertiary/aromatic N) is 2. The molecule has 0 radical (unpaired) electrons. The summed E-state index contributed by atoms with van der Waals surface area (Å²) in [5, 5.41) is 7.95. The van der Waals surface area contributed by atoms with Crippen LogP contribution in [-0.2, 0) is 18.9 Å². The Bertz CT molecular complexity index is 926. The third-order valence-electron chi connectivity index (χ3n) is 12.9. The molecule has 2 N–H and O–H groups in total. The van der Waals surface area contributed by atoms with Gasteiger partial charge in [-0.2, -0.15) is 0 Å². The van der Waals surface area contributed by atoms with Crippen molar-refractivity contribution >= 4 is 0 Å². The molecule has 2 atom stereocenters. The molecule has 8 heteroatoms. The maximum Gasteiger partial charge on any atom is 0.0931 e. The molecular formula is C43H86N4O4. The highest BCUT2D eigenvalue weighted by Gasteiger charge is 2.48. The van der Waals surface area contributed by atoms with Crippen molar-refractivity contribution in [2.24, 2.45) is 0 Å². The van der Waals surface area contributed by atoms with E-state index in [-0.39, 0.29) is 34.4 Å². The van der Waals surface area contributed by atoms with Gasteiger partial charge in [0.15, 0.2) is 0 Å². The molecule has 2 aliphatic heterocycles.